The van der Waals surface area contributed by atoms with Crippen molar-refractivity contribution in [2.75, 3.05) is 13.1 Å². The second kappa shape index (κ2) is 6.88. The average molecular weight is 295 g/mol. The lowest BCUT2D eigenvalue weighted by Gasteiger charge is -2.18. The van der Waals surface area contributed by atoms with Gasteiger partial charge in [0.05, 0.1) is 0 Å². The molecule has 1 aromatic heterocycles. The van der Waals surface area contributed by atoms with Crippen LogP contribution in [0.2, 0.25) is 0 Å². The van der Waals surface area contributed by atoms with Crippen molar-refractivity contribution in [1.29, 1.82) is 0 Å². The monoisotopic (exact) mass is 295 g/mol. The number of rotatable bonds is 6. The van der Waals surface area contributed by atoms with E-state index in [-0.39, 0.29) is 0 Å². The summed E-state index contributed by atoms with van der Waals surface area (Å²) < 4.78 is 1.44. The lowest BCUT2D eigenvalue weighted by atomic mass is 9.91. The van der Waals surface area contributed by atoms with E-state index in [2.05, 4.69) is 72.2 Å². The van der Waals surface area contributed by atoms with Crippen molar-refractivity contribution in [2.45, 2.75) is 19.3 Å². The molecule has 1 heterocycles. The molecular formula is C19H21NS. The fourth-order valence-corrected chi connectivity index (χ4v) is 3.76. The van der Waals surface area contributed by atoms with Gasteiger partial charge >= 0.3 is 0 Å². The Kier molecular flexibility index (Phi) is 4.69. The summed E-state index contributed by atoms with van der Waals surface area (Å²) in [5.41, 5.74) is 2.89. The molecule has 0 aliphatic heterocycles. The van der Waals surface area contributed by atoms with Crippen LogP contribution in [-0.4, -0.2) is 13.1 Å². The summed E-state index contributed by atoms with van der Waals surface area (Å²) in [6.07, 6.45) is 1.09. The minimum atomic E-state index is 0.527. The van der Waals surface area contributed by atoms with Gasteiger partial charge in [0, 0.05) is 17.2 Å². The van der Waals surface area contributed by atoms with Crippen LogP contribution in [0.1, 0.15) is 24.0 Å². The lowest BCUT2D eigenvalue weighted by molar-refractivity contribution is 0.596. The second-order valence-electron chi connectivity index (χ2n) is 5.38. The molecule has 2 aromatic carbocycles. The summed E-state index contributed by atoms with van der Waals surface area (Å²) >= 11 is 1.85. The molecule has 2 heteroatoms. The van der Waals surface area contributed by atoms with E-state index >= 15 is 0 Å². The van der Waals surface area contributed by atoms with E-state index in [1.54, 1.807) is 0 Å². The van der Waals surface area contributed by atoms with Gasteiger partial charge in [0.2, 0.25) is 0 Å². The van der Waals surface area contributed by atoms with Gasteiger partial charge in [-0.15, -0.1) is 11.3 Å². The number of likely N-dealkylation sites (N-methyl/N-ethyl adjacent to an activating group) is 1. The van der Waals surface area contributed by atoms with Crippen molar-refractivity contribution >= 4 is 21.4 Å². The first-order valence-electron chi connectivity index (χ1n) is 7.59. The van der Waals surface area contributed by atoms with E-state index in [9.17, 15) is 0 Å². The Balaban J connectivity index is 1.89. The Morgan fingerprint density at radius 3 is 2.67 bits per heavy atom. The molecular weight excluding hydrogens is 274 g/mol. The van der Waals surface area contributed by atoms with Gasteiger partial charge in [-0.25, -0.2) is 0 Å². The fraction of sp³-hybridized carbons (Fsp3) is 0.263. The molecule has 0 bridgehead atoms. The van der Waals surface area contributed by atoms with Gasteiger partial charge in [-0.3, -0.25) is 0 Å². The second-order valence-corrected chi connectivity index (χ2v) is 6.29. The van der Waals surface area contributed by atoms with Crippen LogP contribution in [0.4, 0.5) is 0 Å². The molecule has 1 unspecified atom stereocenters. The third-order valence-corrected chi connectivity index (χ3v) is 4.94. The minimum absolute atomic E-state index is 0.527. The quantitative estimate of drug-likeness (QED) is 0.686. The first-order valence-corrected chi connectivity index (χ1v) is 8.47. The van der Waals surface area contributed by atoms with E-state index in [0.29, 0.717) is 5.92 Å². The SMILES string of the molecule is CCNCC(Cc1cccc2ccsc12)c1ccccc1. The highest BCUT2D eigenvalue weighted by atomic mass is 32.1. The zero-order valence-corrected chi connectivity index (χ0v) is 13.2. The Labute approximate surface area is 130 Å². The molecule has 1 N–H and O–H groups in total. The predicted octanol–water partition coefficient (Wildman–Crippen LogP) is 4.84. The maximum Gasteiger partial charge on any atom is 0.0374 e. The summed E-state index contributed by atoms with van der Waals surface area (Å²) in [6.45, 7) is 4.22. The van der Waals surface area contributed by atoms with Crippen LogP contribution in [-0.2, 0) is 6.42 Å². The van der Waals surface area contributed by atoms with Crippen LogP contribution in [0.3, 0.4) is 0 Å². The molecule has 0 saturated heterocycles. The standard InChI is InChI=1S/C19H21NS/c1-2-20-14-18(15-7-4-3-5-8-15)13-17-10-6-9-16-11-12-21-19(16)17/h3-12,18,20H,2,13-14H2,1H3. The average Bonchev–Trinajstić information content (AvgIpc) is 3.01. The summed E-state index contributed by atoms with van der Waals surface area (Å²) in [7, 11) is 0. The fourth-order valence-electron chi connectivity index (χ4n) is 2.83. The summed E-state index contributed by atoms with van der Waals surface area (Å²) in [5.74, 6) is 0.527. The van der Waals surface area contributed by atoms with Crippen LogP contribution < -0.4 is 5.32 Å². The van der Waals surface area contributed by atoms with Crippen LogP contribution in [0.15, 0.2) is 60.0 Å². The van der Waals surface area contributed by atoms with Crippen molar-refractivity contribution in [3.05, 3.63) is 71.1 Å². The number of benzene rings is 2. The predicted molar refractivity (Wildman–Crippen MR) is 93.3 cm³/mol. The molecule has 0 radical (unpaired) electrons. The minimum Gasteiger partial charge on any atom is -0.316 e. The normalized spacial score (nSPS) is 12.6. The van der Waals surface area contributed by atoms with Crippen LogP contribution in [0.25, 0.3) is 10.1 Å². The Bertz CT molecular complexity index is 687. The van der Waals surface area contributed by atoms with Crippen molar-refractivity contribution in [1.82, 2.24) is 5.32 Å². The molecule has 0 aliphatic rings. The van der Waals surface area contributed by atoms with Gasteiger partial charge in [0.15, 0.2) is 0 Å². The number of thiophene rings is 1. The third-order valence-electron chi connectivity index (χ3n) is 3.94. The lowest BCUT2D eigenvalue weighted by Crippen LogP contribution is -2.22. The summed E-state index contributed by atoms with van der Waals surface area (Å²) in [5, 5.41) is 7.07. The topological polar surface area (TPSA) is 12.0 Å². The van der Waals surface area contributed by atoms with Gasteiger partial charge in [-0.05, 0) is 40.9 Å². The Morgan fingerprint density at radius 2 is 1.86 bits per heavy atom. The zero-order valence-electron chi connectivity index (χ0n) is 12.4. The van der Waals surface area contributed by atoms with Crippen molar-refractivity contribution in [2.24, 2.45) is 0 Å². The van der Waals surface area contributed by atoms with Gasteiger partial charge in [-0.2, -0.15) is 0 Å². The van der Waals surface area contributed by atoms with Crippen molar-refractivity contribution < 1.29 is 0 Å². The first kappa shape index (κ1) is 14.3. The molecule has 1 nitrogen and oxygen atoms in total. The molecule has 0 aliphatic carbocycles. The largest absolute Gasteiger partial charge is 0.316 e. The van der Waals surface area contributed by atoms with Gasteiger partial charge in [-0.1, -0.05) is 55.5 Å². The molecule has 0 saturated carbocycles. The zero-order chi connectivity index (χ0) is 14.5. The highest BCUT2D eigenvalue weighted by Crippen LogP contribution is 2.29. The van der Waals surface area contributed by atoms with Gasteiger partial charge in [0.1, 0.15) is 0 Å². The number of hydrogen-bond acceptors (Lipinski definition) is 2. The highest BCUT2D eigenvalue weighted by Gasteiger charge is 2.13. The van der Waals surface area contributed by atoms with Crippen LogP contribution >= 0.6 is 11.3 Å². The van der Waals surface area contributed by atoms with Crippen LogP contribution in [0, 0.1) is 0 Å². The van der Waals surface area contributed by atoms with E-state index in [0.717, 1.165) is 19.5 Å². The number of fused-ring (bicyclic) bond motifs is 1. The molecule has 0 spiro atoms. The number of hydrogen-bond donors (Lipinski definition) is 1. The molecule has 21 heavy (non-hydrogen) atoms. The molecule has 0 amide bonds. The first-order chi connectivity index (χ1) is 10.4. The van der Waals surface area contributed by atoms with E-state index in [4.69, 9.17) is 0 Å². The van der Waals surface area contributed by atoms with E-state index < -0.39 is 0 Å². The van der Waals surface area contributed by atoms with Crippen molar-refractivity contribution in [3.63, 3.8) is 0 Å². The Morgan fingerprint density at radius 1 is 1.00 bits per heavy atom. The van der Waals surface area contributed by atoms with Crippen LogP contribution in [0.5, 0.6) is 0 Å². The van der Waals surface area contributed by atoms with Gasteiger partial charge < -0.3 is 5.32 Å². The third kappa shape index (κ3) is 3.34. The summed E-state index contributed by atoms with van der Waals surface area (Å²) in [6, 6.07) is 19.7. The molecule has 1 atom stereocenters. The maximum absolute atomic E-state index is 3.51. The molecule has 108 valence electrons. The number of nitrogens with one attached hydrogen (secondary N) is 1. The molecule has 3 aromatic rings. The molecule has 0 fully saturated rings. The molecule has 3 rings (SSSR count). The van der Waals surface area contributed by atoms with E-state index in [1.165, 1.54) is 21.2 Å². The van der Waals surface area contributed by atoms with E-state index in [1.807, 2.05) is 11.3 Å². The summed E-state index contributed by atoms with van der Waals surface area (Å²) in [4.78, 5) is 0. The van der Waals surface area contributed by atoms with Gasteiger partial charge in [0.25, 0.3) is 0 Å². The van der Waals surface area contributed by atoms with Crippen molar-refractivity contribution in [3.8, 4) is 0 Å². The maximum atomic E-state index is 3.51. The highest BCUT2D eigenvalue weighted by molar-refractivity contribution is 7.17. The Hall–Kier alpha value is -1.64. The smallest absolute Gasteiger partial charge is 0.0374 e.